The fraction of sp³-hybridized carbons (Fsp3) is 0.412. The summed E-state index contributed by atoms with van der Waals surface area (Å²) >= 11 is 5.83. The average Bonchev–Trinajstić information content (AvgIpc) is 2.86. The van der Waals surface area contributed by atoms with Gasteiger partial charge in [-0.3, -0.25) is 9.48 Å². The smallest absolute Gasteiger partial charge is 0.229 e. The van der Waals surface area contributed by atoms with Gasteiger partial charge >= 0.3 is 0 Å². The Balaban J connectivity index is 2.11. The second-order valence-corrected chi connectivity index (χ2v) is 6.59. The zero-order valence-electron chi connectivity index (χ0n) is 13.8. The molecule has 2 aromatic rings. The Labute approximate surface area is 141 Å². The molecular formula is C17H22ClN3O2. The van der Waals surface area contributed by atoms with Crippen molar-refractivity contribution < 1.29 is 9.90 Å². The number of rotatable bonds is 5. The summed E-state index contributed by atoms with van der Waals surface area (Å²) in [5, 5.41) is 17.6. The molecule has 1 unspecified atom stereocenters. The van der Waals surface area contributed by atoms with Crippen LogP contribution in [-0.4, -0.2) is 20.8 Å². The Morgan fingerprint density at radius 2 is 2.09 bits per heavy atom. The molecule has 0 fully saturated rings. The molecule has 1 aromatic heterocycles. The van der Waals surface area contributed by atoms with E-state index in [9.17, 15) is 9.90 Å². The van der Waals surface area contributed by atoms with Gasteiger partial charge in [0.1, 0.15) is 5.75 Å². The van der Waals surface area contributed by atoms with Crippen LogP contribution in [0.25, 0.3) is 0 Å². The number of nitrogens with zero attached hydrogens (tertiary/aromatic N) is 2. The van der Waals surface area contributed by atoms with Crippen molar-refractivity contribution in [3.8, 4) is 5.75 Å². The van der Waals surface area contributed by atoms with E-state index in [2.05, 4.69) is 10.4 Å². The monoisotopic (exact) mass is 335 g/mol. The lowest BCUT2D eigenvalue weighted by Crippen LogP contribution is -2.25. The van der Waals surface area contributed by atoms with Gasteiger partial charge in [0.05, 0.1) is 23.7 Å². The summed E-state index contributed by atoms with van der Waals surface area (Å²) in [6.45, 7) is 8.15. The van der Waals surface area contributed by atoms with Crippen molar-refractivity contribution in [1.29, 1.82) is 0 Å². The van der Waals surface area contributed by atoms with Gasteiger partial charge in [-0.2, -0.15) is 5.10 Å². The van der Waals surface area contributed by atoms with Gasteiger partial charge in [0.15, 0.2) is 0 Å². The summed E-state index contributed by atoms with van der Waals surface area (Å²) in [4.78, 5) is 12.4. The molecule has 5 nitrogen and oxygen atoms in total. The molecular weight excluding hydrogens is 314 g/mol. The zero-order valence-corrected chi connectivity index (χ0v) is 14.6. The van der Waals surface area contributed by atoms with E-state index >= 15 is 0 Å². The molecule has 1 amide bonds. The van der Waals surface area contributed by atoms with E-state index in [0.717, 1.165) is 16.8 Å². The highest BCUT2D eigenvalue weighted by Crippen LogP contribution is 2.31. The molecule has 23 heavy (non-hydrogen) atoms. The number of aryl methyl sites for hydroxylation is 1. The first-order valence-electron chi connectivity index (χ1n) is 7.60. The fourth-order valence-electron chi connectivity index (χ4n) is 2.36. The van der Waals surface area contributed by atoms with Gasteiger partial charge in [-0.1, -0.05) is 32.4 Å². The van der Waals surface area contributed by atoms with E-state index in [0.29, 0.717) is 11.6 Å². The number of phenolic OH excluding ortho intramolecular Hbond substituents is 1. The van der Waals surface area contributed by atoms with Crippen molar-refractivity contribution in [2.24, 2.45) is 5.92 Å². The van der Waals surface area contributed by atoms with Crippen LogP contribution in [0.3, 0.4) is 0 Å². The number of hydrogen-bond acceptors (Lipinski definition) is 3. The number of benzene rings is 1. The van der Waals surface area contributed by atoms with E-state index in [-0.39, 0.29) is 23.5 Å². The number of aromatic nitrogens is 2. The number of anilines is 1. The fourth-order valence-corrected chi connectivity index (χ4v) is 2.52. The molecule has 1 atom stereocenters. The van der Waals surface area contributed by atoms with E-state index in [1.807, 2.05) is 33.8 Å². The number of nitrogens with one attached hydrogen (secondary N) is 1. The first-order valence-corrected chi connectivity index (χ1v) is 7.98. The van der Waals surface area contributed by atoms with Crippen LogP contribution in [0.5, 0.6) is 5.75 Å². The highest BCUT2D eigenvalue weighted by molar-refractivity contribution is 6.30. The summed E-state index contributed by atoms with van der Waals surface area (Å²) in [5.74, 6) is 0.0754. The standard InChI is InChI=1S/C17H22ClN3O2/c1-10(2)14-6-15(11(3)5-16(14)22)20-17(23)12(4)8-21-9-13(18)7-19-21/h5-7,9-10,12,22H,8H2,1-4H3,(H,20,23). The summed E-state index contributed by atoms with van der Waals surface area (Å²) in [7, 11) is 0. The van der Waals surface area contributed by atoms with Crippen molar-refractivity contribution in [2.45, 2.75) is 40.2 Å². The predicted octanol–water partition coefficient (Wildman–Crippen LogP) is 3.95. The van der Waals surface area contributed by atoms with Gasteiger partial charge in [-0.25, -0.2) is 0 Å². The SMILES string of the molecule is Cc1cc(O)c(C(C)C)cc1NC(=O)C(C)Cn1cc(Cl)cn1. The maximum atomic E-state index is 12.4. The minimum atomic E-state index is -0.262. The van der Waals surface area contributed by atoms with Crippen LogP contribution in [0.15, 0.2) is 24.5 Å². The number of hydrogen-bond donors (Lipinski definition) is 2. The minimum Gasteiger partial charge on any atom is -0.508 e. The van der Waals surface area contributed by atoms with Crippen molar-refractivity contribution in [3.63, 3.8) is 0 Å². The van der Waals surface area contributed by atoms with Crippen LogP contribution in [0.2, 0.25) is 5.02 Å². The topological polar surface area (TPSA) is 67.2 Å². The number of carbonyl (C=O) groups is 1. The summed E-state index contributed by atoms with van der Waals surface area (Å²) < 4.78 is 1.65. The van der Waals surface area contributed by atoms with E-state index in [1.54, 1.807) is 23.1 Å². The second kappa shape index (κ2) is 7.04. The number of aromatic hydroxyl groups is 1. The summed E-state index contributed by atoms with van der Waals surface area (Å²) in [6, 6.07) is 3.52. The van der Waals surface area contributed by atoms with Crippen LogP contribution in [0.4, 0.5) is 5.69 Å². The average molecular weight is 336 g/mol. The Morgan fingerprint density at radius 3 is 2.65 bits per heavy atom. The third-order valence-corrected chi connectivity index (χ3v) is 3.96. The van der Waals surface area contributed by atoms with Crippen LogP contribution >= 0.6 is 11.6 Å². The van der Waals surface area contributed by atoms with Gasteiger partial charge in [0, 0.05) is 11.9 Å². The zero-order chi connectivity index (χ0) is 17.1. The van der Waals surface area contributed by atoms with Crippen LogP contribution < -0.4 is 5.32 Å². The van der Waals surface area contributed by atoms with Gasteiger partial charge in [-0.15, -0.1) is 0 Å². The lowest BCUT2D eigenvalue weighted by molar-refractivity contribution is -0.119. The van der Waals surface area contributed by atoms with Crippen LogP contribution in [-0.2, 0) is 11.3 Å². The first kappa shape index (κ1) is 17.3. The van der Waals surface area contributed by atoms with Crippen LogP contribution in [0, 0.1) is 12.8 Å². The Kier molecular flexibility index (Phi) is 5.31. The third kappa shape index (κ3) is 4.26. The number of carbonyl (C=O) groups excluding carboxylic acids is 1. The Morgan fingerprint density at radius 1 is 1.39 bits per heavy atom. The predicted molar refractivity (Wildman–Crippen MR) is 92.0 cm³/mol. The van der Waals surface area contributed by atoms with Crippen molar-refractivity contribution >= 4 is 23.2 Å². The molecule has 0 saturated carbocycles. The third-order valence-electron chi connectivity index (χ3n) is 3.76. The molecule has 124 valence electrons. The minimum absolute atomic E-state index is 0.0971. The Bertz CT molecular complexity index is 710. The number of amides is 1. The molecule has 6 heteroatoms. The second-order valence-electron chi connectivity index (χ2n) is 6.15. The van der Waals surface area contributed by atoms with Crippen LogP contribution in [0.1, 0.15) is 37.8 Å². The molecule has 0 saturated heterocycles. The quantitative estimate of drug-likeness (QED) is 0.813. The molecule has 0 aliphatic heterocycles. The summed E-state index contributed by atoms with van der Waals surface area (Å²) in [6.07, 6.45) is 3.24. The highest BCUT2D eigenvalue weighted by atomic mass is 35.5. The molecule has 1 heterocycles. The van der Waals surface area contributed by atoms with E-state index < -0.39 is 0 Å². The van der Waals surface area contributed by atoms with Gasteiger partial charge in [0.25, 0.3) is 0 Å². The molecule has 0 aliphatic rings. The van der Waals surface area contributed by atoms with E-state index in [4.69, 9.17) is 11.6 Å². The molecule has 0 spiro atoms. The molecule has 0 aliphatic carbocycles. The van der Waals surface area contributed by atoms with Crippen molar-refractivity contribution in [2.75, 3.05) is 5.32 Å². The number of phenols is 1. The molecule has 0 bridgehead atoms. The van der Waals surface area contributed by atoms with Crippen molar-refractivity contribution in [1.82, 2.24) is 9.78 Å². The number of halogens is 1. The van der Waals surface area contributed by atoms with Gasteiger partial charge in [-0.05, 0) is 36.1 Å². The molecule has 2 rings (SSSR count). The largest absolute Gasteiger partial charge is 0.508 e. The van der Waals surface area contributed by atoms with E-state index in [1.165, 1.54) is 0 Å². The lowest BCUT2D eigenvalue weighted by Gasteiger charge is -2.17. The van der Waals surface area contributed by atoms with Gasteiger partial charge in [0.2, 0.25) is 5.91 Å². The molecule has 2 N–H and O–H groups in total. The molecule has 0 radical (unpaired) electrons. The normalized spacial score (nSPS) is 12.4. The summed E-state index contributed by atoms with van der Waals surface area (Å²) in [5.41, 5.74) is 2.37. The van der Waals surface area contributed by atoms with Crippen molar-refractivity contribution in [3.05, 3.63) is 40.7 Å². The molecule has 1 aromatic carbocycles. The lowest BCUT2D eigenvalue weighted by atomic mass is 9.99. The maximum Gasteiger partial charge on any atom is 0.229 e. The van der Waals surface area contributed by atoms with Gasteiger partial charge < -0.3 is 10.4 Å². The Hall–Kier alpha value is -2.01. The highest BCUT2D eigenvalue weighted by Gasteiger charge is 2.17. The first-order chi connectivity index (χ1) is 10.8. The maximum absolute atomic E-state index is 12.4.